The number of pyridine rings is 1. The van der Waals surface area contributed by atoms with E-state index in [0.717, 1.165) is 12.3 Å². The van der Waals surface area contributed by atoms with E-state index in [1.807, 2.05) is 0 Å². The Morgan fingerprint density at radius 2 is 2.21 bits per heavy atom. The number of nitrogens with one attached hydrogen (secondary N) is 1. The van der Waals surface area contributed by atoms with Crippen LogP contribution in [0, 0.1) is 5.82 Å². The summed E-state index contributed by atoms with van der Waals surface area (Å²) in [6.45, 7) is 0. The molecular formula is C12H9FN2O3S. The maximum absolute atomic E-state index is 12.9. The van der Waals surface area contributed by atoms with Crippen LogP contribution in [0.2, 0.25) is 0 Å². The van der Waals surface area contributed by atoms with Crippen LogP contribution in [0.3, 0.4) is 0 Å². The van der Waals surface area contributed by atoms with Crippen LogP contribution >= 0.6 is 11.3 Å². The van der Waals surface area contributed by atoms with Crippen molar-refractivity contribution in [2.45, 2.75) is 6.04 Å². The zero-order chi connectivity index (χ0) is 13.8. The Labute approximate surface area is 111 Å². The van der Waals surface area contributed by atoms with Crippen LogP contribution in [0.1, 0.15) is 21.3 Å². The minimum Gasteiger partial charge on any atom is -0.479 e. The highest BCUT2D eigenvalue weighted by Crippen LogP contribution is 2.19. The van der Waals surface area contributed by atoms with E-state index in [0.29, 0.717) is 4.88 Å². The van der Waals surface area contributed by atoms with Gasteiger partial charge >= 0.3 is 5.97 Å². The third-order valence-corrected chi connectivity index (χ3v) is 3.25. The molecule has 0 spiro atoms. The molecule has 19 heavy (non-hydrogen) atoms. The van der Waals surface area contributed by atoms with Crippen molar-refractivity contribution >= 4 is 23.2 Å². The molecule has 1 amide bonds. The molecule has 2 rings (SSSR count). The number of aliphatic carboxylic acids is 1. The molecular weight excluding hydrogens is 271 g/mol. The number of hydrogen-bond donors (Lipinski definition) is 2. The van der Waals surface area contributed by atoms with Crippen molar-refractivity contribution in [2.24, 2.45) is 0 Å². The number of carbonyl (C=O) groups is 2. The molecule has 0 fully saturated rings. The van der Waals surface area contributed by atoms with Crippen LogP contribution in [0.5, 0.6) is 0 Å². The van der Waals surface area contributed by atoms with Gasteiger partial charge in [-0.2, -0.15) is 0 Å². The number of carboxylic acids is 1. The van der Waals surface area contributed by atoms with Gasteiger partial charge in [-0.1, -0.05) is 6.07 Å². The number of aromatic nitrogens is 1. The summed E-state index contributed by atoms with van der Waals surface area (Å²) in [6, 6.07) is 3.13. The molecule has 98 valence electrons. The van der Waals surface area contributed by atoms with E-state index < -0.39 is 23.7 Å². The summed E-state index contributed by atoms with van der Waals surface area (Å²) in [5.41, 5.74) is -0.0252. The van der Waals surface area contributed by atoms with E-state index in [2.05, 4.69) is 10.3 Å². The third-order valence-electron chi connectivity index (χ3n) is 2.32. The molecule has 5 nitrogen and oxygen atoms in total. The molecule has 1 atom stereocenters. The number of carboxylic acid groups (broad SMARTS) is 1. The number of hydrogen-bond acceptors (Lipinski definition) is 4. The van der Waals surface area contributed by atoms with E-state index in [4.69, 9.17) is 5.11 Å². The predicted molar refractivity (Wildman–Crippen MR) is 66.4 cm³/mol. The van der Waals surface area contributed by atoms with Crippen molar-refractivity contribution in [3.8, 4) is 0 Å². The van der Waals surface area contributed by atoms with Crippen LogP contribution < -0.4 is 5.32 Å². The summed E-state index contributed by atoms with van der Waals surface area (Å²) in [4.78, 5) is 27.0. The largest absolute Gasteiger partial charge is 0.479 e. The highest BCUT2D eigenvalue weighted by molar-refractivity contribution is 7.10. The standard InChI is InChI=1S/C12H9FN2O3S/c13-8-4-7(5-14-6-8)11(16)15-10(12(17)18)9-2-1-3-19-9/h1-6,10H,(H,15,16)(H,17,18). The number of rotatable bonds is 4. The molecule has 0 saturated carbocycles. The first-order valence-electron chi connectivity index (χ1n) is 5.25. The molecule has 2 aromatic heterocycles. The minimum atomic E-state index is -1.18. The molecule has 0 aliphatic carbocycles. The first kappa shape index (κ1) is 13.2. The maximum atomic E-state index is 12.9. The molecule has 2 N–H and O–H groups in total. The topological polar surface area (TPSA) is 79.3 Å². The Kier molecular flexibility index (Phi) is 3.86. The molecule has 0 aliphatic rings. The smallest absolute Gasteiger partial charge is 0.331 e. The molecule has 0 aliphatic heterocycles. The van der Waals surface area contributed by atoms with Gasteiger partial charge in [0.25, 0.3) is 5.91 Å². The lowest BCUT2D eigenvalue weighted by molar-refractivity contribution is -0.139. The van der Waals surface area contributed by atoms with Gasteiger partial charge in [-0.05, 0) is 17.5 Å². The zero-order valence-corrected chi connectivity index (χ0v) is 10.4. The quantitative estimate of drug-likeness (QED) is 0.895. The molecule has 1 unspecified atom stereocenters. The van der Waals surface area contributed by atoms with Gasteiger partial charge in [-0.3, -0.25) is 9.78 Å². The molecule has 2 aromatic rings. The summed E-state index contributed by atoms with van der Waals surface area (Å²) in [5.74, 6) is -2.52. The van der Waals surface area contributed by atoms with Crippen LogP contribution in [-0.4, -0.2) is 22.0 Å². The second-order valence-corrected chi connectivity index (χ2v) is 4.63. The molecule has 0 aromatic carbocycles. The highest BCUT2D eigenvalue weighted by Gasteiger charge is 2.23. The summed E-state index contributed by atoms with van der Waals surface area (Å²) in [7, 11) is 0. The molecule has 0 saturated heterocycles. The Balaban J connectivity index is 2.19. The number of halogens is 1. The highest BCUT2D eigenvalue weighted by atomic mass is 32.1. The van der Waals surface area contributed by atoms with Crippen molar-refractivity contribution in [2.75, 3.05) is 0 Å². The Morgan fingerprint density at radius 1 is 1.42 bits per heavy atom. The summed E-state index contributed by atoms with van der Waals surface area (Å²) in [5, 5.41) is 13.1. The lowest BCUT2D eigenvalue weighted by Gasteiger charge is -2.12. The average molecular weight is 280 g/mol. The first-order chi connectivity index (χ1) is 9.08. The lowest BCUT2D eigenvalue weighted by Crippen LogP contribution is -2.33. The van der Waals surface area contributed by atoms with Crippen molar-refractivity contribution in [3.63, 3.8) is 0 Å². The summed E-state index contributed by atoms with van der Waals surface area (Å²) >= 11 is 1.21. The number of nitrogens with zero attached hydrogens (tertiary/aromatic N) is 1. The number of amides is 1. The Morgan fingerprint density at radius 3 is 2.79 bits per heavy atom. The molecule has 0 bridgehead atoms. The normalized spacial score (nSPS) is 11.8. The molecule has 0 radical (unpaired) electrons. The SMILES string of the molecule is O=C(NC(C(=O)O)c1cccs1)c1cncc(F)c1. The predicted octanol–water partition coefficient (Wildman–Crippen LogP) is 1.84. The van der Waals surface area contributed by atoms with E-state index in [1.54, 1.807) is 17.5 Å². The molecule has 2 heterocycles. The third kappa shape index (κ3) is 3.14. The van der Waals surface area contributed by atoms with Crippen LogP contribution in [0.4, 0.5) is 4.39 Å². The zero-order valence-electron chi connectivity index (χ0n) is 9.54. The van der Waals surface area contributed by atoms with E-state index in [1.165, 1.54) is 17.5 Å². The Bertz CT molecular complexity index is 601. The van der Waals surface area contributed by atoms with Crippen molar-refractivity contribution < 1.29 is 19.1 Å². The van der Waals surface area contributed by atoms with Gasteiger partial charge in [0.1, 0.15) is 5.82 Å². The summed E-state index contributed by atoms with van der Waals surface area (Å²) in [6.07, 6.45) is 2.14. The molecule has 7 heteroatoms. The number of carbonyl (C=O) groups excluding carboxylic acids is 1. The number of thiophene rings is 1. The van der Waals surface area contributed by atoms with E-state index in [-0.39, 0.29) is 5.56 Å². The van der Waals surface area contributed by atoms with Crippen LogP contribution in [0.25, 0.3) is 0 Å². The first-order valence-corrected chi connectivity index (χ1v) is 6.13. The fraction of sp³-hybridized carbons (Fsp3) is 0.0833. The van der Waals surface area contributed by atoms with Gasteiger partial charge in [0.15, 0.2) is 6.04 Å². The lowest BCUT2D eigenvalue weighted by atomic mass is 10.2. The minimum absolute atomic E-state index is 0.0252. The van der Waals surface area contributed by atoms with Gasteiger partial charge in [0.05, 0.1) is 11.8 Å². The van der Waals surface area contributed by atoms with Crippen molar-refractivity contribution in [1.29, 1.82) is 0 Å². The Hall–Kier alpha value is -2.28. The van der Waals surface area contributed by atoms with Crippen LogP contribution in [-0.2, 0) is 4.79 Å². The van der Waals surface area contributed by atoms with Crippen LogP contribution in [0.15, 0.2) is 36.0 Å². The van der Waals surface area contributed by atoms with Crippen molar-refractivity contribution in [3.05, 3.63) is 52.2 Å². The second-order valence-electron chi connectivity index (χ2n) is 3.65. The fourth-order valence-electron chi connectivity index (χ4n) is 1.46. The van der Waals surface area contributed by atoms with Gasteiger partial charge in [0, 0.05) is 11.1 Å². The van der Waals surface area contributed by atoms with E-state index >= 15 is 0 Å². The fourth-order valence-corrected chi connectivity index (χ4v) is 2.23. The van der Waals surface area contributed by atoms with Gasteiger partial charge in [-0.25, -0.2) is 9.18 Å². The van der Waals surface area contributed by atoms with Gasteiger partial charge in [-0.15, -0.1) is 11.3 Å². The monoisotopic (exact) mass is 280 g/mol. The van der Waals surface area contributed by atoms with Crippen molar-refractivity contribution in [1.82, 2.24) is 10.3 Å². The average Bonchev–Trinajstić information content (AvgIpc) is 2.88. The summed E-state index contributed by atoms with van der Waals surface area (Å²) < 4.78 is 12.9. The van der Waals surface area contributed by atoms with E-state index in [9.17, 15) is 14.0 Å². The maximum Gasteiger partial charge on any atom is 0.331 e. The second kappa shape index (κ2) is 5.57. The van der Waals surface area contributed by atoms with Gasteiger partial charge < -0.3 is 10.4 Å². The van der Waals surface area contributed by atoms with Gasteiger partial charge in [0.2, 0.25) is 0 Å².